The van der Waals surface area contributed by atoms with Gasteiger partial charge in [-0.05, 0) is 44.8 Å². The lowest BCUT2D eigenvalue weighted by molar-refractivity contribution is 0.0950. The number of nitrogens with two attached hydrogens (primary N) is 1. The zero-order valence-corrected chi connectivity index (χ0v) is 18.6. The SMILES string of the molecule is COCCCn1c(NC(=O)c2cccc(N)c2)nc2cc(C(=O)NCCN(C)C)cnc21. The van der Waals surface area contributed by atoms with Gasteiger partial charge in [0.15, 0.2) is 5.65 Å². The molecule has 0 radical (unpaired) electrons. The number of benzene rings is 1. The van der Waals surface area contributed by atoms with Crippen LogP contribution < -0.4 is 16.4 Å². The Bertz CT molecular complexity index is 1090. The van der Waals surface area contributed by atoms with Gasteiger partial charge >= 0.3 is 0 Å². The molecule has 0 atom stereocenters. The fraction of sp³-hybridized carbons (Fsp3) is 0.364. The number of ether oxygens (including phenoxy) is 1. The summed E-state index contributed by atoms with van der Waals surface area (Å²) in [6, 6.07) is 8.39. The van der Waals surface area contributed by atoms with Gasteiger partial charge in [-0.1, -0.05) is 6.07 Å². The maximum atomic E-state index is 12.7. The van der Waals surface area contributed by atoms with Gasteiger partial charge in [-0.25, -0.2) is 9.97 Å². The molecule has 0 bridgehead atoms. The van der Waals surface area contributed by atoms with Gasteiger partial charge in [0.25, 0.3) is 11.8 Å². The molecule has 0 spiro atoms. The summed E-state index contributed by atoms with van der Waals surface area (Å²) in [5.74, 6) is -0.205. The molecule has 0 aliphatic heterocycles. The van der Waals surface area contributed by atoms with Gasteiger partial charge in [0.2, 0.25) is 5.95 Å². The summed E-state index contributed by atoms with van der Waals surface area (Å²) in [4.78, 5) is 36.2. The Labute approximate surface area is 186 Å². The van der Waals surface area contributed by atoms with Gasteiger partial charge < -0.3 is 20.7 Å². The average molecular weight is 440 g/mol. The Hall–Kier alpha value is -3.50. The van der Waals surface area contributed by atoms with E-state index in [9.17, 15) is 9.59 Å². The maximum absolute atomic E-state index is 12.7. The molecular formula is C22H29N7O3. The lowest BCUT2D eigenvalue weighted by Gasteiger charge is -2.10. The summed E-state index contributed by atoms with van der Waals surface area (Å²) in [7, 11) is 5.51. The van der Waals surface area contributed by atoms with Crippen molar-refractivity contribution in [2.24, 2.45) is 0 Å². The first-order valence-corrected chi connectivity index (χ1v) is 10.3. The van der Waals surface area contributed by atoms with E-state index in [1.165, 1.54) is 6.20 Å². The van der Waals surface area contributed by atoms with Crippen LogP contribution in [0.3, 0.4) is 0 Å². The topological polar surface area (TPSA) is 127 Å². The summed E-state index contributed by atoms with van der Waals surface area (Å²) in [6.07, 6.45) is 2.23. The summed E-state index contributed by atoms with van der Waals surface area (Å²) >= 11 is 0. The number of amides is 2. The van der Waals surface area contributed by atoms with E-state index in [4.69, 9.17) is 10.5 Å². The number of nitrogen functional groups attached to an aromatic ring is 1. The molecule has 3 rings (SSSR count). The summed E-state index contributed by atoms with van der Waals surface area (Å²) in [6.45, 7) is 2.35. The third-order valence-electron chi connectivity index (χ3n) is 4.80. The van der Waals surface area contributed by atoms with Crippen LogP contribution in [0.1, 0.15) is 27.1 Å². The molecule has 2 aromatic heterocycles. The Morgan fingerprint density at radius 2 is 2.00 bits per heavy atom. The number of fused-ring (bicyclic) bond motifs is 1. The molecule has 0 saturated carbocycles. The molecular weight excluding hydrogens is 410 g/mol. The number of methoxy groups -OCH3 is 1. The lowest BCUT2D eigenvalue weighted by atomic mass is 10.2. The summed E-state index contributed by atoms with van der Waals surface area (Å²) in [5.41, 5.74) is 8.22. The van der Waals surface area contributed by atoms with Crippen molar-refractivity contribution in [3.05, 3.63) is 47.7 Å². The Kier molecular flexibility index (Phi) is 7.74. The van der Waals surface area contributed by atoms with Crippen molar-refractivity contribution in [3.8, 4) is 0 Å². The Morgan fingerprint density at radius 1 is 1.19 bits per heavy atom. The quantitative estimate of drug-likeness (QED) is 0.323. The third kappa shape index (κ3) is 5.80. The van der Waals surface area contributed by atoms with E-state index in [0.29, 0.717) is 60.0 Å². The average Bonchev–Trinajstić information content (AvgIpc) is 3.09. The number of pyridine rings is 1. The number of anilines is 2. The van der Waals surface area contributed by atoms with Crippen LogP contribution in [-0.4, -0.2) is 72.2 Å². The number of likely N-dealkylation sites (N-methyl/N-ethyl adjacent to an activating group) is 1. The molecule has 2 amide bonds. The van der Waals surface area contributed by atoms with Crippen LogP contribution in [0, 0.1) is 0 Å². The molecule has 2 heterocycles. The molecule has 10 heteroatoms. The van der Waals surface area contributed by atoms with E-state index < -0.39 is 0 Å². The van der Waals surface area contributed by atoms with Crippen molar-refractivity contribution in [1.29, 1.82) is 0 Å². The van der Waals surface area contributed by atoms with Crippen molar-refractivity contribution in [1.82, 2.24) is 24.8 Å². The van der Waals surface area contributed by atoms with E-state index in [0.717, 1.165) is 6.54 Å². The molecule has 10 nitrogen and oxygen atoms in total. The molecule has 0 fully saturated rings. The van der Waals surface area contributed by atoms with E-state index in [-0.39, 0.29) is 11.8 Å². The number of imidazole rings is 1. The zero-order valence-electron chi connectivity index (χ0n) is 18.6. The first-order chi connectivity index (χ1) is 15.4. The fourth-order valence-corrected chi connectivity index (χ4v) is 3.16. The van der Waals surface area contributed by atoms with Gasteiger partial charge in [-0.2, -0.15) is 0 Å². The predicted molar refractivity (Wildman–Crippen MR) is 124 cm³/mol. The minimum Gasteiger partial charge on any atom is -0.399 e. The van der Waals surface area contributed by atoms with E-state index in [2.05, 4.69) is 20.6 Å². The molecule has 3 aromatic rings. The first-order valence-electron chi connectivity index (χ1n) is 10.3. The number of carbonyl (C=O) groups excluding carboxylic acids is 2. The molecule has 0 unspecified atom stereocenters. The van der Waals surface area contributed by atoms with Crippen LogP contribution in [-0.2, 0) is 11.3 Å². The second-order valence-electron chi connectivity index (χ2n) is 7.64. The lowest BCUT2D eigenvalue weighted by Crippen LogP contribution is -2.31. The third-order valence-corrected chi connectivity index (χ3v) is 4.80. The molecule has 0 saturated heterocycles. The minimum atomic E-state index is -0.331. The number of rotatable bonds is 10. The summed E-state index contributed by atoms with van der Waals surface area (Å²) in [5, 5.41) is 5.70. The zero-order chi connectivity index (χ0) is 23.1. The van der Waals surface area contributed by atoms with Crippen LogP contribution in [0.2, 0.25) is 0 Å². The second-order valence-corrected chi connectivity index (χ2v) is 7.64. The number of hydrogen-bond donors (Lipinski definition) is 3. The number of carbonyl (C=O) groups is 2. The number of aryl methyl sites for hydroxylation is 1. The van der Waals surface area contributed by atoms with Gasteiger partial charge in [0, 0.05) is 50.8 Å². The maximum Gasteiger partial charge on any atom is 0.258 e. The van der Waals surface area contributed by atoms with E-state index >= 15 is 0 Å². The van der Waals surface area contributed by atoms with Gasteiger partial charge in [-0.15, -0.1) is 0 Å². The number of nitrogens with one attached hydrogen (secondary N) is 2. The Morgan fingerprint density at radius 3 is 2.72 bits per heavy atom. The van der Waals surface area contributed by atoms with Crippen molar-refractivity contribution in [2.45, 2.75) is 13.0 Å². The molecule has 32 heavy (non-hydrogen) atoms. The minimum absolute atomic E-state index is 0.222. The molecule has 0 aliphatic carbocycles. The molecule has 1 aromatic carbocycles. The number of nitrogens with zero attached hydrogens (tertiary/aromatic N) is 4. The van der Waals surface area contributed by atoms with Gasteiger partial charge in [0.1, 0.15) is 5.52 Å². The normalized spacial score (nSPS) is 11.1. The smallest absolute Gasteiger partial charge is 0.258 e. The first kappa shape index (κ1) is 23.2. The highest BCUT2D eigenvalue weighted by Gasteiger charge is 2.17. The fourth-order valence-electron chi connectivity index (χ4n) is 3.16. The number of hydrogen-bond acceptors (Lipinski definition) is 7. The molecule has 4 N–H and O–H groups in total. The second kappa shape index (κ2) is 10.7. The van der Waals surface area contributed by atoms with E-state index in [1.54, 1.807) is 37.4 Å². The van der Waals surface area contributed by atoms with Crippen molar-refractivity contribution in [3.63, 3.8) is 0 Å². The largest absolute Gasteiger partial charge is 0.399 e. The standard InChI is InChI=1S/C22H29N7O3/c1-28(2)10-8-24-20(30)16-13-18-19(25-14-16)29(9-5-11-32-3)22(26-18)27-21(31)15-6-4-7-17(23)12-15/h4,6-7,12-14H,5,8-11,23H2,1-3H3,(H,24,30)(H,26,27,31). The number of aromatic nitrogens is 3. The molecule has 170 valence electrons. The van der Waals surface area contributed by atoms with Crippen LogP contribution in [0.4, 0.5) is 11.6 Å². The van der Waals surface area contributed by atoms with Crippen LogP contribution in [0.15, 0.2) is 36.5 Å². The van der Waals surface area contributed by atoms with Crippen molar-refractivity contribution < 1.29 is 14.3 Å². The highest BCUT2D eigenvalue weighted by atomic mass is 16.5. The van der Waals surface area contributed by atoms with Gasteiger partial charge in [-0.3, -0.25) is 19.5 Å². The highest BCUT2D eigenvalue weighted by molar-refractivity contribution is 6.04. The van der Waals surface area contributed by atoms with Gasteiger partial charge in [0.05, 0.1) is 5.56 Å². The summed E-state index contributed by atoms with van der Waals surface area (Å²) < 4.78 is 6.96. The monoisotopic (exact) mass is 439 g/mol. The highest BCUT2D eigenvalue weighted by Crippen LogP contribution is 2.21. The molecule has 0 aliphatic rings. The van der Waals surface area contributed by atoms with Crippen molar-refractivity contribution in [2.75, 3.05) is 52.0 Å². The predicted octanol–water partition coefficient (Wildman–Crippen LogP) is 1.59. The van der Waals surface area contributed by atoms with Crippen molar-refractivity contribution >= 4 is 34.6 Å². The van der Waals surface area contributed by atoms with E-state index in [1.807, 2.05) is 23.6 Å². The van der Waals surface area contributed by atoms with Crippen LogP contribution >= 0.6 is 0 Å². The van der Waals surface area contributed by atoms with Crippen LogP contribution in [0.5, 0.6) is 0 Å². The van der Waals surface area contributed by atoms with Crippen LogP contribution in [0.25, 0.3) is 11.2 Å². The Balaban J connectivity index is 1.87.